The second-order valence-corrected chi connectivity index (χ2v) is 9.12. The molecule has 4 atom stereocenters. The lowest BCUT2D eigenvalue weighted by atomic mass is 9.99. The SMILES string of the molecule is CC1CN(C(C)c2ccc(-c3ccc(C(=O)N[C@H](C(=O)O)C(C)C)cc3)cc2)CC(C)O1. The lowest BCUT2D eigenvalue weighted by Gasteiger charge is -2.39. The number of aliphatic carboxylic acids is 1. The molecule has 1 amide bonds. The Morgan fingerprint density at radius 1 is 0.938 bits per heavy atom. The van der Waals surface area contributed by atoms with E-state index >= 15 is 0 Å². The van der Waals surface area contributed by atoms with Crippen molar-refractivity contribution in [2.45, 2.75) is 58.9 Å². The van der Waals surface area contributed by atoms with Crippen LogP contribution in [0.25, 0.3) is 11.1 Å². The molecule has 32 heavy (non-hydrogen) atoms. The molecule has 1 saturated heterocycles. The van der Waals surface area contributed by atoms with Crippen LogP contribution in [0, 0.1) is 5.92 Å². The van der Waals surface area contributed by atoms with E-state index in [1.165, 1.54) is 5.56 Å². The molecule has 2 N–H and O–H groups in total. The van der Waals surface area contributed by atoms with Crippen molar-refractivity contribution in [1.82, 2.24) is 10.2 Å². The van der Waals surface area contributed by atoms with Gasteiger partial charge in [0.15, 0.2) is 0 Å². The van der Waals surface area contributed by atoms with Gasteiger partial charge in [-0.3, -0.25) is 9.69 Å². The highest BCUT2D eigenvalue weighted by molar-refractivity contribution is 5.97. The van der Waals surface area contributed by atoms with Gasteiger partial charge in [-0.1, -0.05) is 50.2 Å². The second kappa shape index (κ2) is 10.3. The van der Waals surface area contributed by atoms with Gasteiger partial charge in [-0.05, 0) is 55.5 Å². The molecule has 1 aliphatic heterocycles. The van der Waals surface area contributed by atoms with Gasteiger partial charge in [0.1, 0.15) is 6.04 Å². The minimum absolute atomic E-state index is 0.194. The van der Waals surface area contributed by atoms with E-state index < -0.39 is 12.0 Å². The van der Waals surface area contributed by atoms with Crippen molar-refractivity contribution in [2.75, 3.05) is 13.1 Å². The summed E-state index contributed by atoms with van der Waals surface area (Å²) in [4.78, 5) is 26.2. The summed E-state index contributed by atoms with van der Waals surface area (Å²) >= 11 is 0. The van der Waals surface area contributed by atoms with E-state index in [9.17, 15) is 14.7 Å². The van der Waals surface area contributed by atoms with Gasteiger partial charge in [0.05, 0.1) is 12.2 Å². The first kappa shape index (κ1) is 24.0. The number of carboxylic acids is 1. The van der Waals surface area contributed by atoms with Crippen LogP contribution in [0.2, 0.25) is 0 Å². The average Bonchev–Trinajstić information content (AvgIpc) is 2.76. The molecule has 6 nitrogen and oxygen atoms in total. The van der Waals surface area contributed by atoms with Gasteiger partial charge in [-0.15, -0.1) is 0 Å². The van der Waals surface area contributed by atoms with Crippen molar-refractivity contribution in [3.63, 3.8) is 0 Å². The first-order chi connectivity index (χ1) is 15.2. The van der Waals surface area contributed by atoms with Gasteiger partial charge in [-0.25, -0.2) is 4.79 Å². The number of nitrogens with zero attached hydrogens (tertiary/aromatic N) is 1. The maximum Gasteiger partial charge on any atom is 0.326 e. The van der Waals surface area contributed by atoms with Crippen molar-refractivity contribution in [2.24, 2.45) is 5.92 Å². The van der Waals surface area contributed by atoms with Crippen LogP contribution in [0.4, 0.5) is 0 Å². The van der Waals surface area contributed by atoms with Crippen LogP contribution in [0.15, 0.2) is 48.5 Å². The predicted molar refractivity (Wildman–Crippen MR) is 126 cm³/mol. The molecule has 1 aliphatic rings. The summed E-state index contributed by atoms with van der Waals surface area (Å²) in [5, 5.41) is 11.9. The van der Waals surface area contributed by atoms with Crippen molar-refractivity contribution < 1.29 is 19.4 Å². The molecule has 1 fully saturated rings. The maximum absolute atomic E-state index is 12.4. The van der Waals surface area contributed by atoms with Gasteiger partial charge in [0, 0.05) is 24.7 Å². The standard InChI is InChI=1S/C26H34N2O4/c1-16(2)24(26(30)31)27-25(29)23-12-10-22(11-13-23)21-8-6-20(7-9-21)19(5)28-14-17(3)32-18(4)15-28/h6-13,16-19,24H,14-15H2,1-5H3,(H,27,29)(H,30,31)/t17?,18?,19?,24-/m0/s1. The van der Waals surface area contributed by atoms with Gasteiger partial charge in [-0.2, -0.15) is 0 Å². The first-order valence-electron chi connectivity index (χ1n) is 11.3. The lowest BCUT2D eigenvalue weighted by Crippen LogP contribution is -2.46. The molecular formula is C26H34N2O4. The van der Waals surface area contributed by atoms with Crippen molar-refractivity contribution in [3.05, 3.63) is 59.7 Å². The molecule has 1 heterocycles. The van der Waals surface area contributed by atoms with E-state index in [2.05, 4.69) is 55.3 Å². The van der Waals surface area contributed by atoms with E-state index in [4.69, 9.17) is 4.74 Å². The molecule has 0 aromatic heterocycles. The van der Waals surface area contributed by atoms with Crippen LogP contribution in [-0.4, -0.2) is 53.2 Å². The number of ether oxygens (including phenoxy) is 1. The zero-order valence-corrected chi connectivity index (χ0v) is 19.5. The molecule has 3 rings (SSSR count). The highest BCUT2D eigenvalue weighted by Crippen LogP contribution is 2.27. The Bertz CT molecular complexity index is 914. The third-order valence-electron chi connectivity index (χ3n) is 6.09. The monoisotopic (exact) mass is 438 g/mol. The Kier molecular flexibility index (Phi) is 7.69. The molecular weight excluding hydrogens is 404 g/mol. The van der Waals surface area contributed by atoms with Crippen LogP contribution >= 0.6 is 0 Å². The summed E-state index contributed by atoms with van der Waals surface area (Å²) in [5.41, 5.74) is 3.79. The van der Waals surface area contributed by atoms with Crippen LogP contribution in [0.5, 0.6) is 0 Å². The topological polar surface area (TPSA) is 78.9 Å². The highest BCUT2D eigenvalue weighted by atomic mass is 16.5. The average molecular weight is 439 g/mol. The fraction of sp³-hybridized carbons (Fsp3) is 0.462. The summed E-state index contributed by atoms with van der Waals surface area (Å²) in [6, 6.07) is 15.2. The predicted octanol–water partition coefficient (Wildman–Crippen LogP) is 4.36. The maximum atomic E-state index is 12.4. The Morgan fingerprint density at radius 3 is 1.91 bits per heavy atom. The fourth-order valence-electron chi connectivity index (χ4n) is 4.25. The normalized spacial score (nSPS) is 21.2. The summed E-state index contributed by atoms with van der Waals surface area (Å²) < 4.78 is 5.85. The Balaban J connectivity index is 1.67. The number of amides is 1. The van der Waals surface area contributed by atoms with Gasteiger partial charge in [0.2, 0.25) is 0 Å². The lowest BCUT2D eigenvalue weighted by molar-refractivity contribution is -0.140. The minimum atomic E-state index is -1.03. The number of hydrogen-bond acceptors (Lipinski definition) is 4. The highest BCUT2D eigenvalue weighted by Gasteiger charge is 2.26. The number of carboxylic acid groups (broad SMARTS) is 1. The number of carbonyl (C=O) groups is 2. The quantitative estimate of drug-likeness (QED) is 0.671. The zero-order valence-electron chi connectivity index (χ0n) is 19.5. The smallest absolute Gasteiger partial charge is 0.326 e. The summed E-state index contributed by atoms with van der Waals surface area (Å²) in [6.45, 7) is 11.9. The van der Waals surface area contributed by atoms with Crippen LogP contribution in [0.3, 0.4) is 0 Å². The van der Waals surface area contributed by atoms with Crippen molar-refractivity contribution in [3.8, 4) is 11.1 Å². The second-order valence-electron chi connectivity index (χ2n) is 9.12. The van der Waals surface area contributed by atoms with Gasteiger partial charge >= 0.3 is 5.97 Å². The molecule has 172 valence electrons. The molecule has 0 bridgehead atoms. The van der Waals surface area contributed by atoms with Crippen LogP contribution in [0.1, 0.15) is 56.6 Å². The number of rotatable bonds is 7. The van der Waals surface area contributed by atoms with E-state index in [1.807, 2.05) is 12.1 Å². The molecule has 0 aliphatic carbocycles. The molecule has 2 aromatic carbocycles. The van der Waals surface area contributed by atoms with Crippen LogP contribution < -0.4 is 5.32 Å². The van der Waals surface area contributed by atoms with E-state index in [0.29, 0.717) is 11.6 Å². The number of benzene rings is 2. The van der Waals surface area contributed by atoms with Crippen LogP contribution in [-0.2, 0) is 9.53 Å². The molecule has 0 spiro atoms. The zero-order chi connectivity index (χ0) is 23.4. The van der Waals surface area contributed by atoms with Gasteiger partial charge in [0.25, 0.3) is 5.91 Å². The molecule has 0 saturated carbocycles. The van der Waals surface area contributed by atoms with Crippen molar-refractivity contribution in [1.29, 1.82) is 0 Å². The summed E-state index contributed by atoms with van der Waals surface area (Å²) in [6.07, 6.45) is 0.477. The van der Waals surface area contributed by atoms with E-state index in [0.717, 1.165) is 24.2 Å². The fourth-order valence-corrected chi connectivity index (χ4v) is 4.25. The molecule has 2 aromatic rings. The van der Waals surface area contributed by atoms with E-state index in [-0.39, 0.29) is 24.0 Å². The number of carbonyl (C=O) groups excluding carboxylic acids is 1. The Hall–Kier alpha value is -2.70. The minimum Gasteiger partial charge on any atom is -0.480 e. The Labute approximate surface area is 190 Å². The number of morpholine rings is 1. The summed E-state index contributed by atoms with van der Waals surface area (Å²) in [7, 11) is 0. The first-order valence-corrected chi connectivity index (χ1v) is 11.3. The van der Waals surface area contributed by atoms with E-state index in [1.54, 1.807) is 26.0 Å². The molecule has 6 heteroatoms. The Morgan fingerprint density at radius 2 is 1.44 bits per heavy atom. The third-order valence-corrected chi connectivity index (χ3v) is 6.09. The number of nitrogens with one attached hydrogen (secondary N) is 1. The molecule has 3 unspecified atom stereocenters. The van der Waals surface area contributed by atoms with Crippen molar-refractivity contribution >= 4 is 11.9 Å². The molecule has 0 radical (unpaired) electrons. The largest absolute Gasteiger partial charge is 0.480 e. The van der Waals surface area contributed by atoms with Gasteiger partial charge < -0.3 is 15.2 Å². The third kappa shape index (κ3) is 5.75. The summed E-state index contributed by atoms with van der Waals surface area (Å²) in [5.74, 6) is -1.60. The number of hydrogen-bond donors (Lipinski definition) is 2.